The third-order valence-electron chi connectivity index (χ3n) is 13.5. The lowest BCUT2D eigenvalue weighted by Crippen LogP contribution is -2.30. The van der Waals surface area contributed by atoms with Crippen molar-refractivity contribution in [1.82, 2.24) is 0 Å². The minimum atomic E-state index is -0.790. The number of unbranched alkanes of at least 4 members (excludes halogenated alkanes) is 30. The molecule has 0 aliphatic heterocycles. The summed E-state index contributed by atoms with van der Waals surface area (Å²) in [6.07, 6.45) is 84.1. The zero-order valence-electron chi connectivity index (χ0n) is 49.3. The summed E-state index contributed by atoms with van der Waals surface area (Å²) >= 11 is 0. The molecule has 0 aliphatic rings. The maximum atomic E-state index is 12.9. The van der Waals surface area contributed by atoms with Crippen LogP contribution in [0.5, 0.6) is 0 Å². The molecule has 1 unspecified atom stereocenters. The summed E-state index contributed by atoms with van der Waals surface area (Å²) in [6, 6.07) is 0. The Hall–Kier alpha value is -3.67. The summed E-state index contributed by atoms with van der Waals surface area (Å²) < 4.78 is 16.9. The monoisotopic (exact) mass is 1040 g/mol. The lowest BCUT2D eigenvalue weighted by Gasteiger charge is -2.18. The molecule has 0 rings (SSSR count). The van der Waals surface area contributed by atoms with Crippen LogP contribution in [0.4, 0.5) is 0 Å². The largest absolute Gasteiger partial charge is 0.462 e. The van der Waals surface area contributed by atoms with E-state index in [1.54, 1.807) is 0 Å². The zero-order valence-corrected chi connectivity index (χ0v) is 49.3. The van der Waals surface area contributed by atoms with Crippen molar-refractivity contribution in [3.8, 4) is 0 Å². The van der Waals surface area contributed by atoms with Gasteiger partial charge in [-0.1, -0.05) is 259 Å². The van der Waals surface area contributed by atoms with E-state index in [1.807, 2.05) is 0 Å². The van der Waals surface area contributed by atoms with E-state index in [4.69, 9.17) is 14.2 Å². The lowest BCUT2D eigenvalue weighted by atomic mass is 10.0. The molecule has 1 atom stereocenters. The minimum absolute atomic E-state index is 0.0865. The first-order valence-corrected chi connectivity index (χ1v) is 31.7. The molecule has 0 spiro atoms. The van der Waals surface area contributed by atoms with E-state index in [0.717, 1.165) is 122 Å². The zero-order chi connectivity index (χ0) is 54.3. The van der Waals surface area contributed by atoms with Crippen LogP contribution in [0.1, 0.15) is 303 Å². The molecule has 0 bridgehead atoms. The van der Waals surface area contributed by atoms with Gasteiger partial charge in [-0.2, -0.15) is 0 Å². The third-order valence-corrected chi connectivity index (χ3v) is 13.5. The van der Waals surface area contributed by atoms with Crippen molar-refractivity contribution in [1.29, 1.82) is 0 Å². The second kappa shape index (κ2) is 62.9. The Labute approximate surface area is 464 Å². The number of hydrogen-bond acceptors (Lipinski definition) is 6. The first kappa shape index (κ1) is 71.3. The number of carbonyl (C=O) groups is 3. The molecule has 0 aliphatic carbocycles. The van der Waals surface area contributed by atoms with Crippen LogP contribution < -0.4 is 0 Å². The summed E-state index contributed by atoms with van der Waals surface area (Å²) in [5.41, 5.74) is 0. The smallest absolute Gasteiger partial charge is 0.306 e. The third kappa shape index (κ3) is 61.1. The summed E-state index contributed by atoms with van der Waals surface area (Å²) in [5, 5.41) is 0. The standard InChI is InChI=1S/C69H118O6/c1-4-7-10-13-16-19-22-25-28-29-30-31-32-33-34-35-36-37-38-39-42-44-47-50-53-56-59-62-68(71)74-65-66(75-69(72)63-60-57-54-51-48-45-41-27-24-21-18-15-12-9-6-3)64-73-67(70)61-58-55-52-49-46-43-40-26-23-20-17-14-11-8-5-2/h7,10,16,18-19,21,25-28,30-31,33-34,40-41,66H,4-6,8-9,11-15,17,20,22-24,29,32,35-39,42-65H2,1-3H3/b10-7-,19-16-,21-18-,28-25-,31-30-,34-33-,40-26-,41-27-. The molecule has 0 aromatic rings. The van der Waals surface area contributed by atoms with E-state index in [2.05, 4.69) is 118 Å². The van der Waals surface area contributed by atoms with Crippen LogP contribution in [0.15, 0.2) is 97.2 Å². The molecule has 0 fully saturated rings. The van der Waals surface area contributed by atoms with Crippen molar-refractivity contribution < 1.29 is 28.6 Å². The molecule has 430 valence electrons. The van der Waals surface area contributed by atoms with E-state index >= 15 is 0 Å². The average Bonchev–Trinajstić information content (AvgIpc) is 3.41. The number of rotatable bonds is 57. The summed E-state index contributed by atoms with van der Waals surface area (Å²) in [6.45, 7) is 6.49. The van der Waals surface area contributed by atoms with Gasteiger partial charge in [0.25, 0.3) is 0 Å². The van der Waals surface area contributed by atoms with E-state index in [1.165, 1.54) is 141 Å². The maximum absolute atomic E-state index is 12.9. The number of hydrogen-bond donors (Lipinski definition) is 0. The van der Waals surface area contributed by atoms with Crippen LogP contribution in [0.25, 0.3) is 0 Å². The Balaban J connectivity index is 4.32. The van der Waals surface area contributed by atoms with Gasteiger partial charge in [-0.15, -0.1) is 0 Å². The van der Waals surface area contributed by atoms with Gasteiger partial charge >= 0.3 is 17.9 Å². The normalized spacial score (nSPS) is 12.7. The van der Waals surface area contributed by atoms with Gasteiger partial charge in [0.05, 0.1) is 0 Å². The lowest BCUT2D eigenvalue weighted by molar-refractivity contribution is -0.167. The molecular weight excluding hydrogens is 925 g/mol. The fourth-order valence-electron chi connectivity index (χ4n) is 8.79. The fraction of sp³-hybridized carbons (Fsp3) is 0.725. The van der Waals surface area contributed by atoms with E-state index in [0.29, 0.717) is 19.3 Å². The molecule has 0 heterocycles. The molecule has 0 saturated carbocycles. The SMILES string of the molecule is CC/C=C\C/C=C\C/C=C\C/C=C\C/C=C\CCCCCCCCCCCCCC(=O)OCC(COC(=O)CCCCCCC/C=C\CCCCCCCC)OC(=O)CCCCCCC/C=C\C/C=C\CCCCC. The molecule has 0 aromatic carbocycles. The van der Waals surface area contributed by atoms with Crippen LogP contribution in [0, 0.1) is 0 Å². The molecule has 0 amide bonds. The molecule has 6 nitrogen and oxygen atoms in total. The van der Waals surface area contributed by atoms with Crippen LogP contribution in [0.3, 0.4) is 0 Å². The van der Waals surface area contributed by atoms with Crippen molar-refractivity contribution in [3.05, 3.63) is 97.2 Å². The summed E-state index contributed by atoms with van der Waals surface area (Å²) in [4.78, 5) is 38.3. The van der Waals surface area contributed by atoms with Gasteiger partial charge in [-0.3, -0.25) is 14.4 Å². The van der Waals surface area contributed by atoms with Crippen LogP contribution in [0.2, 0.25) is 0 Å². The van der Waals surface area contributed by atoms with Crippen molar-refractivity contribution in [2.75, 3.05) is 13.2 Å². The maximum Gasteiger partial charge on any atom is 0.306 e. The Morgan fingerprint density at radius 2 is 0.520 bits per heavy atom. The first-order chi connectivity index (χ1) is 37.0. The topological polar surface area (TPSA) is 78.9 Å². The van der Waals surface area contributed by atoms with Crippen molar-refractivity contribution in [2.24, 2.45) is 0 Å². The molecule has 6 heteroatoms. The van der Waals surface area contributed by atoms with Gasteiger partial charge in [-0.05, 0) is 122 Å². The molecule has 0 N–H and O–H groups in total. The number of ether oxygens (including phenoxy) is 3. The van der Waals surface area contributed by atoms with Crippen LogP contribution in [-0.4, -0.2) is 37.2 Å². The number of carbonyl (C=O) groups excluding carboxylic acids is 3. The molecule has 0 radical (unpaired) electrons. The number of esters is 3. The second-order valence-corrected chi connectivity index (χ2v) is 20.9. The average molecular weight is 1040 g/mol. The first-order valence-electron chi connectivity index (χ1n) is 31.7. The predicted molar refractivity (Wildman–Crippen MR) is 325 cm³/mol. The van der Waals surface area contributed by atoms with Crippen LogP contribution in [-0.2, 0) is 28.6 Å². The fourth-order valence-corrected chi connectivity index (χ4v) is 8.79. The van der Waals surface area contributed by atoms with E-state index < -0.39 is 6.10 Å². The molecule has 0 aromatic heterocycles. The van der Waals surface area contributed by atoms with Gasteiger partial charge in [0, 0.05) is 19.3 Å². The van der Waals surface area contributed by atoms with Crippen LogP contribution >= 0.6 is 0 Å². The highest BCUT2D eigenvalue weighted by Crippen LogP contribution is 2.16. The minimum Gasteiger partial charge on any atom is -0.462 e. The van der Waals surface area contributed by atoms with Gasteiger partial charge in [0.2, 0.25) is 0 Å². The molecule has 75 heavy (non-hydrogen) atoms. The van der Waals surface area contributed by atoms with Crippen molar-refractivity contribution in [3.63, 3.8) is 0 Å². The van der Waals surface area contributed by atoms with E-state index in [-0.39, 0.29) is 31.1 Å². The van der Waals surface area contributed by atoms with Gasteiger partial charge in [0.15, 0.2) is 6.10 Å². The predicted octanol–water partition coefficient (Wildman–Crippen LogP) is 21.7. The molecular formula is C69H118O6. The second-order valence-electron chi connectivity index (χ2n) is 20.9. The Bertz CT molecular complexity index is 1480. The Kier molecular flexibility index (Phi) is 59.8. The summed E-state index contributed by atoms with van der Waals surface area (Å²) in [7, 11) is 0. The number of allylic oxidation sites excluding steroid dienone is 16. The highest BCUT2D eigenvalue weighted by Gasteiger charge is 2.19. The highest BCUT2D eigenvalue weighted by atomic mass is 16.6. The Morgan fingerprint density at radius 1 is 0.280 bits per heavy atom. The molecule has 0 saturated heterocycles. The quantitative estimate of drug-likeness (QED) is 0.0261. The van der Waals surface area contributed by atoms with Gasteiger partial charge in [-0.25, -0.2) is 0 Å². The van der Waals surface area contributed by atoms with Gasteiger partial charge in [0.1, 0.15) is 13.2 Å². The summed E-state index contributed by atoms with van der Waals surface area (Å²) in [5.74, 6) is -0.903. The van der Waals surface area contributed by atoms with Crippen molar-refractivity contribution in [2.45, 2.75) is 309 Å². The van der Waals surface area contributed by atoms with Gasteiger partial charge < -0.3 is 14.2 Å². The van der Waals surface area contributed by atoms with Crippen molar-refractivity contribution >= 4 is 17.9 Å². The highest BCUT2D eigenvalue weighted by molar-refractivity contribution is 5.71. The Morgan fingerprint density at radius 3 is 0.853 bits per heavy atom. The van der Waals surface area contributed by atoms with E-state index in [9.17, 15) is 14.4 Å².